The Balaban J connectivity index is 2.31. The third-order valence-corrected chi connectivity index (χ3v) is 3.15. The fraction of sp³-hybridized carbons (Fsp3) is 0.889. The van der Waals surface area contributed by atoms with Crippen LogP contribution in [0.25, 0.3) is 0 Å². The maximum absolute atomic E-state index is 11.1. The summed E-state index contributed by atoms with van der Waals surface area (Å²) in [5.41, 5.74) is 0. The Kier molecular flexibility index (Phi) is 4.56. The number of hydrogen-bond donors (Lipinski definition) is 0. The summed E-state index contributed by atoms with van der Waals surface area (Å²) in [7, 11) is 0. The van der Waals surface area contributed by atoms with E-state index in [2.05, 4.69) is 22.9 Å². The Morgan fingerprint density at radius 3 is 2.92 bits per heavy atom. The second kappa shape index (κ2) is 5.47. The molecule has 0 N–H and O–H groups in total. The largest absolute Gasteiger partial charge is 0.448 e. The van der Waals surface area contributed by atoms with Crippen molar-refractivity contribution in [2.45, 2.75) is 19.8 Å². The number of nitrogens with zero attached hydrogens (tertiary/aromatic N) is 1. The number of alkyl halides is 1. The van der Waals surface area contributed by atoms with Gasteiger partial charge in [0.25, 0.3) is 0 Å². The van der Waals surface area contributed by atoms with E-state index in [1.165, 1.54) is 6.42 Å². The lowest BCUT2D eigenvalue weighted by Crippen LogP contribution is -2.30. The number of cyclic esters (lactones) is 1. The zero-order valence-electron chi connectivity index (χ0n) is 7.96. The lowest BCUT2D eigenvalue weighted by Gasteiger charge is -2.19. The maximum Gasteiger partial charge on any atom is 0.409 e. The van der Waals surface area contributed by atoms with Crippen molar-refractivity contribution in [2.75, 3.05) is 25.0 Å². The molecule has 1 amide bonds. The summed E-state index contributed by atoms with van der Waals surface area (Å²) >= 11 is 3.47. The average molecular weight is 250 g/mol. The standard InChI is InChI=1S/C9H16BrNO2/c1-2-3-8(6-10)7-11-4-5-13-9(11)12/h8H,2-7H2,1H3. The van der Waals surface area contributed by atoms with Crippen LogP contribution >= 0.6 is 15.9 Å². The minimum atomic E-state index is -0.151. The Morgan fingerprint density at radius 2 is 2.46 bits per heavy atom. The van der Waals surface area contributed by atoms with E-state index in [1.807, 2.05) is 0 Å². The molecular formula is C9H16BrNO2. The molecule has 76 valence electrons. The van der Waals surface area contributed by atoms with Gasteiger partial charge >= 0.3 is 6.09 Å². The van der Waals surface area contributed by atoms with E-state index in [0.29, 0.717) is 12.5 Å². The molecule has 0 aromatic heterocycles. The maximum atomic E-state index is 11.1. The van der Waals surface area contributed by atoms with Crippen LogP contribution in [0.3, 0.4) is 0 Å². The number of hydrogen-bond acceptors (Lipinski definition) is 2. The quantitative estimate of drug-likeness (QED) is 0.700. The first-order chi connectivity index (χ1) is 6.27. The third-order valence-electron chi connectivity index (χ3n) is 2.24. The second-order valence-electron chi connectivity index (χ2n) is 3.37. The van der Waals surface area contributed by atoms with Gasteiger partial charge in [-0.15, -0.1) is 0 Å². The molecule has 4 heteroatoms. The van der Waals surface area contributed by atoms with Crippen molar-refractivity contribution >= 4 is 22.0 Å². The first kappa shape index (κ1) is 10.8. The minimum absolute atomic E-state index is 0.151. The van der Waals surface area contributed by atoms with Gasteiger partial charge in [-0.05, 0) is 12.3 Å². The van der Waals surface area contributed by atoms with Crippen LogP contribution in [-0.2, 0) is 4.74 Å². The molecule has 0 aliphatic carbocycles. The van der Waals surface area contributed by atoms with Crippen molar-refractivity contribution in [2.24, 2.45) is 5.92 Å². The molecule has 0 spiro atoms. The highest BCUT2D eigenvalue weighted by Crippen LogP contribution is 2.14. The molecule has 1 aliphatic rings. The first-order valence-corrected chi connectivity index (χ1v) is 5.87. The fourth-order valence-corrected chi connectivity index (χ4v) is 2.06. The third kappa shape index (κ3) is 3.18. The van der Waals surface area contributed by atoms with Crippen molar-refractivity contribution in [1.29, 1.82) is 0 Å². The van der Waals surface area contributed by atoms with Crippen LogP contribution in [0.2, 0.25) is 0 Å². The molecule has 1 atom stereocenters. The Morgan fingerprint density at radius 1 is 1.69 bits per heavy atom. The Bertz CT molecular complexity index is 175. The van der Waals surface area contributed by atoms with Crippen molar-refractivity contribution in [3.8, 4) is 0 Å². The van der Waals surface area contributed by atoms with Gasteiger partial charge in [-0.2, -0.15) is 0 Å². The molecule has 0 bridgehead atoms. The van der Waals surface area contributed by atoms with Crippen LogP contribution in [-0.4, -0.2) is 36.0 Å². The van der Waals surface area contributed by atoms with E-state index >= 15 is 0 Å². The summed E-state index contributed by atoms with van der Waals surface area (Å²) in [4.78, 5) is 12.9. The van der Waals surface area contributed by atoms with E-state index in [4.69, 9.17) is 4.74 Å². The van der Waals surface area contributed by atoms with Crippen molar-refractivity contribution in [3.05, 3.63) is 0 Å². The molecule has 0 aromatic rings. The molecule has 0 saturated carbocycles. The summed E-state index contributed by atoms with van der Waals surface area (Å²) in [6.07, 6.45) is 2.18. The number of amides is 1. The van der Waals surface area contributed by atoms with Gasteiger partial charge in [-0.1, -0.05) is 29.3 Å². The van der Waals surface area contributed by atoms with Gasteiger partial charge < -0.3 is 9.64 Å². The molecule has 1 saturated heterocycles. The van der Waals surface area contributed by atoms with Crippen molar-refractivity contribution < 1.29 is 9.53 Å². The summed E-state index contributed by atoms with van der Waals surface area (Å²) in [6.45, 7) is 4.31. The second-order valence-corrected chi connectivity index (χ2v) is 4.02. The molecule has 0 radical (unpaired) electrons. The fourth-order valence-electron chi connectivity index (χ4n) is 1.53. The number of carbonyl (C=O) groups is 1. The highest BCUT2D eigenvalue weighted by molar-refractivity contribution is 9.09. The van der Waals surface area contributed by atoms with E-state index in [9.17, 15) is 4.79 Å². The van der Waals surface area contributed by atoms with Crippen molar-refractivity contribution in [3.63, 3.8) is 0 Å². The minimum Gasteiger partial charge on any atom is -0.448 e. The molecule has 1 heterocycles. The van der Waals surface area contributed by atoms with E-state index < -0.39 is 0 Å². The van der Waals surface area contributed by atoms with Gasteiger partial charge in [0.1, 0.15) is 6.61 Å². The molecule has 0 aromatic carbocycles. The number of ether oxygens (including phenoxy) is 1. The number of rotatable bonds is 5. The number of carbonyl (C=O) groups excluding carboxylic acids is 1. The monoisotopic (exact) mass is 249 g/mol. The van der Waals surface area contributed by atoms with Crippen LogP contribution in [0.4, 0.5) is 4.79 Å². The summed E-state index contributed by atoms with van der Waals surface area (Å²) < 4.78 is 4.86. The van der Waals surface area contributed by atoms with Gasteiger partial charge in [-0.25, -0.2) is 4.79 Å². The Labute approximate surface area is 87.6 Å². The van der Waals surface area contributed by atoms with Gasteiger partial charge in [0.15, 0.2) is 0 Å². The molecule has 3 nitrogen and oxygen atoms in total. The molecule has 1 rings (SSSR count). The Hall–Kier alpha value is -0.250. The first-order valence-electron chi connectivity index (χ1n) is 4.75. The van der Waals surface area contributed by atoms with Crippen LogP contribution in [0.5, 0.6) is 0 Å². The number of halogens is 1. The van der Waals surface area contributed by atoms with E-state index in [0.717, 1.165) is 24.8 Å². The zero-order chi connectivity index (χ0) is 9.68. The molecule has 1 unspecified atom stereocenters. The molecule has 1 fully saturated rings. The van der Waals surface area contributed by atoms with Crippen LogP contribution < -0.4 is 0 Å². The van der Waals surface area contributed by atoms with Gasteiger partial charge in [-0.3, -0.25) is 0 Å². The summed E-state index contributed by atoms with van der Waals surface area (Å²) in [5, 5.41) is 0.963. The smallest absolute Gasteiger partial charge is 0.409 e. The average Bonchev–Trinajstić information content (AvgIpc) is 2.51. The molecule has 1 aliphatic heterocycles. The molecular weight excluding hydrogens is 234 g/mol. The van der Waals surface area contributed by atoms with E-state index in [1.54, 1.807) is 4.90 Å². The predicted octanol–water partition coefficient (Wildman–Crippen LogP) is 2.25. The SMILES string of the molecule is CCCC(CBr)CN1CCOC1=O. The van der Waals surface area contributed by atoms with E-state index in [-0.39, 0.29) is 6.09 Å². The van der Waals surface area contributed by atoms with Crippen molar-refractivity contribution in [1.82, 2.24) is 4.90 Å². The lowest BCUT2D eigenvalue weighted by atomic mass is 10.1. The van der Waals surface area contributed by atoms with Gasteiger partial charge in [0.2, 0.25) is 0 Å². The van der Waals surface area contributed by atoms with Crippen LogP contribution in [0.1, 0.15) is 19.8 Å². The van der Waals surface area contributed by atoms with Crippen LogP contribution in [0.15, 0.2) is 0 Å². The molecule has 13 heavy (non-hydrogen) atoms. The summed E-state index contributed by atoms with van der Waals surface area (Å²) in [5.74, 6) is 0.565. The highest BCUT2D eigenvalue weighted by Gasteiger charge is 2.24. The normalized spacial score (nSPS) is 18.9. The van der Waals surface area contributed by atoms with Gasteiger partial charge in [0, 0.05) is 11.9 Å². The zero-order valence-corrected chi connectivity index (χ0v) is 9.55. The van der Waals surface area contributed by atoms with Gasteiger partial charge in [0.05, 0.1) is 6.54 Å². The van der Waals surface area contributed by atoms with Crippen LogP contribution in [0, 0.1) is 5.92 Å². The topological polar surface area (TPSA) is 29.5 Å². The summed E-state index contributed by atoms with van der Waals surface area (Å²) in [6, 6.07) is 0. The highest BCUT2D eigenvalue weighted by atomic mass is 79.9. The predicted molar refractivity (Wildman–Crippen MR) is 55.1 cm³/mol. The lowest BCUT2D eigenvalue weighted by molar-refractivity contribution is 0.154.